The van der Waals surface area contributed by atoms with Gasteiger partial charge in [-0.15, -0.1) is 0 Å². The van der Waals surface area contributed by atoms with E-state index in [2.05, 4.69) is 20.5 Å². The monoisotopic (exact) mass is 246 g/mol. The zero-order valence-corrected chi connectivity index (χ0v) is 10.0. The van der Waals surface area contributed by atoms with Gasteiger partial charge in [0.25, 0.3) is 5.91 Å². The van der Waals surface area contributed by atoms with Gasteiger partial charge in [-0.1, -0.05) is 13.0 Å². The van der Waals surface area contributed by atoms with Crippen molar-refractivity contribution in [2.45, 2.75) is 13.3 Å². The fourth-order valence-corrected chi connectivity index (χ4v) is 1.39. The number of ether oxygens (including phenoxy) is 1. The van der Waals surface area contributed by atoms with Crippen molar-refractivity contribution in [3.63, 3.8) is 0 Å². The number of carbonyl (C=O) groups is 1. The van der Waals surface area contributed by atoms with Crippen LogP contribution in [0.3, 0.4) is 0 Å². The highest BCUT2D eigenvalue weighted by Gasteiger charge is 2.08. The zero-order chi connectivity index (χ0) is 12.8. The van der Waals surface area contributed by atoms with Crippen molar-refractivity contribution >= 4 is 11.6 Å². The van der Waals surface area contributed by atoms with Crippen molar-refractivity contribution < 1.29 is 9.53 Å². The van der Waals surface area contributed by atoms with Gasteiger partial charge in [-0.05, 0) is 18.6 Å². The van der Waals surface area contributed by atoms with Crippen LogP contribution >= 0.6 is 0 Å². The molecule has 0 fully saturated rings. The second-order valence-corrected chi connectivity index (χ2v) is 3.66. The molecule has 1 aromatic heterocycles. The van der Waals surface area contributed by atoms with E-state index >= 15 is 0 Å². The number of nitrogens with one attached hydrogen (secondary N) is 2. The van der Waals surface area contributed by atoms with Gasteiger partial charge in [0.1, 0.15) is 12.1 Å². The van der Waals surface area contributed by atoms with Gasteiger partial charge in [0.2, 0.25) is 5.82 Å². The van der Waals surface area contributed by atoms with Crippen LogP contribution in [0.1, 0.15) is 24.0 Å². The molecule has 1 aromatic carbocycles. The van der Waals surface area contributed by atoms with Gasteiger partial charge in [-0.3, -0.25) is 9.89 Å². The molecule has 6 nitrogen and oxygen atoms in total. The molecule has 2 aromatic rings. The van der Waals surface area contributed by atoms with Crippen LogP contribution in [-0.4, -0.2) is 27.7 Å². The summed E-state index contributed by atoms with van der Waals surface area (Å²) in [6, 6.07) is 7.22. The molecule has 1 heterocycles. The van der Waals surface area contributed by atoms with Crippen molar-refractivity contribution in [1.29, 1.82) is 0 Å². The van der Waals surface area contributed by atoms with E-state index in [1.807, 2.05) is 19.1 Å². The first-order valence-electron chi connectivity index (χ1n) is 5.69. The molecule has 94 valence electrons. The van der Waals surface area contributed by atoms with E-state index in [9.17, 15) is 4.79 Å². The van der Waals surface area contributed by atoms with Crippen LogP contribution in [-0.2, 0) is 0 Å². The maximum atomic E-state index is 11.7. The predicted molar refractivity (Wildman–Crippen MR) is 66.6 cm³/mol. The Bertz CT molecular complexity index is 511. The van der Waals surface area contributed by atoms with E-state index in [-0.39, 0.29) is 11.7 Å². The highest BCUT2D eigenvalue weighted by atomic mass is 16.5. The summed E-state index contributed by atoms with van der Waals surface area (Å²) in [6.45, 7) is 2.69. The maximum absolute atomic E-state index is 11.7. The number of nitrogens with zero attached hydrogens (tertiary/aromatic N) is 2. The first-order valence-corrected chi connectivity index (χ1v) is 5.69. The van der Waals surface area contributed by atoms with E-state index < -0.39 is 0 Å². The largest absolute Gasteiger partial charge is 0.494 e. The van der Waals surface area contributed by atoms with E-state index in [1.165, 1.54) is 6.33 Å². The summed E-state index contributed by atoms with van der Waals surface area (Å²) in [5.74, 6) is 0.572. The number of anilines is 1. The molecule has 0 saturated heterocycles. The summed E-state index contributed by atoms with van der Waals surface area (Å²) in [5, 5.41) is 8.83. The van der Waals surface area contributed by atoms with Crippen molar-refractivity contribution in [2.24, 2.45) is 0 Å². The van der Waals surface area contributed by atoms with Crippen LogP contribution in [0.4, 0.5) is 5.69 Å². The molecule has 0 bridgehead atoms. The van der Waals surface area contributed by atoms with Crippen molar-refractivity contribution in [3.8, 4) is 5.75 Å². The molecule has 2 N–H and O–H groups in total. The standard InChI is InChI=1S/C12H14N4O2/c1-2-6-18-10-5-3-4-9(7-10)15-12(17)11-13-8-14-16-11/h3-5,7-8H,2,6H2,1H3,(H,15,17)(H,13,14,16). The van der Waals surface area contributed by atoms with E-state index in [1.54, 1.807) is 12.1 Å². The zero-order valence-electron chi connectivity index (χ0n) is 10.0. The highest BCUT2D eigenvalue weighted by Crippen LogP contribution is 2.17. The van der Waals surface area contributed by atoms with Gasteiger partial charge < -0.3 is 10.1 Å². The first kappa shape index (κ1) is 12.1. The van der Waals surface area contributed by atoms with Gasteiger partial charge in [-0.2, -0.15) is 5.10 Å². The number of benzene rings is 1. The van der Waals surface area contributed by atoms with Gasteiger partial charge in [0.05, 0.1) is 6.61 Å². The lowest BCUT2D eigenvalue weighted by Gasteiger charge is -2.07. The van der Waals surface area contributed by atoms with Crippen LogP contribution in [0.5, 0.6) is 5.75 Å². The molecule has 18 heavy (non-hydrogen) atoms. The summed E-state index contributed by atoms with van der Waals surface area (Å²) in [6.07, 6.45) is 2.23. The minimum atomic E-state index is -0.333. The Labute approximate surface area is 104 Å². The molecule has 0 unspecified atom stereocenters. The molecule has 6 heteroatoms. The third-order valence-electron chi connectivity index (χ3n) is 2.19. The third kappa shape index (κ3) is 3.07. The summed E-state index contributed by atoms with van der Waals surface area (Å²) in [7, 11) is 0. The molecular weight excluding hydrogens is 232 g/mol. The highest BCUT2D eigenvalue weighted by molar-refractivity contribution is 6.01. The minimum Gasteiger partial charge on any atom is -0.494 e. The predicted octanol–water partition coefficient (Wildman–Crippen LogP) is 1.85. The Morgan fingerprint density at radius 2 is 2.39 bits per heavy atom. The number of rotatable bonds is 5. The number of carbonyl (C=O) groups excluding carboxylic acids is 1. The molecular formula is C12H14N4O2. The maximum Gasteiger partial charge on any atom is 0.292 e. The lowest BCUT2D eigenvalue weighted by atomic mass is 10.3. The van der Waals surface area contributed by atoms with Crippen LogP contribution in [0, 0.1) is 0 Å². The Hall–Kier alpha value is -2.37. The topological polar surface area (TPSA) is 79.9 Å². The van der Waals surface area contributed by atoms with Gasteiger partial charge in [0.15, 0.2) is 0 Å². The second-order valence-electron chi connectivity index (χ2n) is 3.66. The molecule has 1 amide bonds. The number of aromatic nitrogens is 3. The molecule has 0 aliphatic rings. The Morgan fingerprint density at radius 3 is 3.11 bits per heavy atom. The van der Waals surface area contributed by atoms with Crippen LogP contribution in [0.25, 0.3) is 0 Å². The average molecular weight is 246 g/mol. The summed E-state index contributed by atoms with van der Waals surface area (Å²) >= 11 is 0. The third-order valence-corrected chi connectivity index (χ3v) is 2.19. The lowest BCUT2D eigenvalue weighted by molar-refractivity contribution is 0.101. The van der Waals surface area contributed by atoms with Gasteiger partial charge >= 0.3 is 0 Å². The van der Waals surface area contributed by atoms with Gasteiger partial charge in [-0.25, -0.2) is 4.98 Å². The van der Waals surface area contributed by atoms with Crippen LogP contribution in [0.2, 0.25) is 0 Å². The number of amides is 1. The molecule has 0 radical (unpaired) electrons. The Balaban J connectivity index is 2.03. The summed E-state index contributed by atoms with van der Waals surface area (Å²) in [5.41, 5.74) is 0.657. The summed E-state index contributed by atoms with van der Waals surface area (Å²) in [4.78, 5) is 15.5. The molecule has 0 saturated carbocycles. The molecule has 0 aliphatic carbocycles. The lowest BCUT2D eigenvalue weighted by Crippen LogP contribution is -2.13. The normalized spacial score (nSPS) is 10.1. The van der Waals surface area contributed by atoms with E-state index in [0.717, 1.165) is 12.2 Å². The first-order chi connectivity index (χ1) is 8.79. The molecule has 0 spiro atoms. The molecule has 0 aliphatic heterocycles. The summed E-state index contributed by atoms with van der Waals surface area (Å²) < 4.78 is 5.48. The number of aromatic amines is 1. The van der Waals surface area contributed by atoms with Crippen LogP contribution in [0.15, 0.2) is 30.6 Å². The van der Waals surface area contributed by atoms with Crippen LogP contribution < -0.4 is 10.1 Å². The quantitative estimate of drug-likeness (QED) is 0.843. The molecule has 2 rings (SSSR count). The number of hydrogen-bond acceptors (Lipinski definition) is 4. The van der Waals surface area contributed by atoms with Crippen molar-refractivity contribution in [1.82, 2.24) is 15.2 Å². The van der Waals surface area contributed by atoms with E-state index in [0.29, 0.717) is 12.3 Å². The van der Waals surface area contributed by atoms with Crippen molar-refractivity contribution in [2.75, 3.05) is 11.9 Å². The molecule has 0 atom stereocenters. The SMILES string of the molecule is CCCOc1cccc(NC(=O)c2ncn[nH]2)c1. The average Bonchev–Trinajstić information content (AvgIpc) is 2.91. The second kappa shape index (κ2) is 5.81. The number of H-pyrrole nitrogens is 1. The Morgan fingerprint density at radius 1 is 1.50 bits per heavy atom. The minimum absolute atomic E-state index is 0.176. The Kier molecular flexibility index (Phi) is 3.90. The van der Waals surface area contributed by atoms with Crippen molar-refractivity contribution in [3.05, 3.63) is 36.4 Å². The van der Waals surface area contributed by atoms with Gasteiger partial charge in [0, 0.05) is 11.8 Å². The van der Waals surface area contributed by atoms with E-state index in [4.69, 9.17) is 4.74 Å². The number of hydrogen-bond donors (Lipinski definition) is 2. The fourth-order valence-electron chi connectivity index (χ4n) is 1.39. The fraction of sp³-hybridized carbons (Fsp3) is 0.250. The smallest absolute Gasteiger partial charge is 0.292 e.